The molecule has 0 amide bonds. The fourth-order valence-electron chi connectivity index (χ4n) is 2.82. The molecule has 0 bridgehead atoms. The van der Waals surface area contributed by atoms with Gasteiger partial charge in [-0.25, -0.2) is 0 Å². The van der Waals surface area contributed by atoms with Crippen molar-refractivity contribution in [2.45, 2.75) is 57.6 Å². The van der Waals surface area contributed by atoms with E-state index in [9.17, 15) is 0 Å². The zero-order chi connectivity index (χ0) is 14.2. The summed E-state index contributed by atoms with van der Waals surface area (Å²) in [7, 11) is 0. The van der Waals surface area contributed by atoms with E-state index in [0.29, 0.717) is 12.1 Å². The molecule has 1 aliphatic rings. The van der Waals surface area contributed by atoms with Crippen molar-refractivity contribution in [3.8, 4) is 0 Å². The number of hydrogen-bond acceptors (Lipinski definition) is 2. The second-order valence-corrected chi connectivity index (χ2v) is 6.06. The Labute approximate surface area is 127 Å². The van der Waals surface area contributed by atoms with E-state index in [-0.39, 0.29) is 0 Å². The molecule has 0 spiro atoms. The van der Waals surface area contributed by atoms with Crippen molar-refractivity contribution >= 4 is 11.6 Å². The summed E-state index contributed by atoms with van der Waals surface area (Å²) in [4.78, 5) is 0. The van der Waals surface area contributed by atoms with Crippen LogP contribution in [0.3, 0.4) is 0 Å². The standard InChI is InChI=1S/C17H26ClNO/c1-2-5-17(14-7-9-15(18)10-8-14)19-12-11-16-6-3-4-13-20-16/h7-10,16-17,19H,2-6,11-13H2,1H3. The summed E-state index contributed by atoms with van der Waals surface area (Å²) in [6.07, 6.45) is 7.69. The Morgan fingerprint density at radius 1 is 1.30 bits per heavy atom. The summed E-state index contributed by atoms with van der Waals surface area (Å²) >= 11 is 5.96. The number of halogens is 1. The van der Waals surface area contributed by atoms with Gasteiger partial charge in [0.1, 0.15) is 0 Å². The van der Waals surface area contributed by atoms with E-state index >= 15 is 0 Å². The predicted molar refractivity (Wildman–Crippen MR) is 85.3 cm³/mol. The van der Waals surface area contributed by atoms with Gasteiger partial charge in [0.15, 0.2) is 0 Å². The number of rotatable bonds is 7. The smallest absolute Gasteiger partial charge is 0.0587 e. The third kappa shape index (κ3) is 5.08. The van der Waals surface area contributed by atoms with Crippen LogP contribution >= 0.6 is 11.6 Å². The van der Waals surface area contributed by atoms with Crippen molar-refractivity contribution in [1.29, 1.82) is 0 Å². The fourth-order valence-corrected chi connectivity index (χ4v) is 2.95. The lowest BCUT2D eigenvalue weighted by atomic mass is 10.0. The number of hydrogen-bond donors (Lipinski definition) is 1. The second kappa shape index (κ2) is 8.66. The van der Waals surface area contributed by atoms with Crippen LogP contribution in [-0.4, -0.2) is 19.3 Å². The van der Waals surface area contributed by atoms with Crippen molar-refractivity contribution in [2.24, 2.45) is 0 Å². The highest BCUT2D eigenvalue weighted by molar-refractivity contribution is 6.30. The van der Waals surface area contributed by atoms with Gasteiger partial charge < -0.3 is 10.1 Å². The molecule has 1 saturated heterocycles. The summed E-state index contributed by atoms with van der Waals surface area (Å²) in [5.74, 6) is 0. The van der Waals surface area contributed by atoms with E-state index in [2.05, 4.69) is 24.4 Å². The van der Waals surface area contributed by atoms with Gasteiger partial charge >= 0.3 is 0 Å². The van der Waals surface area contributed by atoms with Gasteiger partial charge in [-0.2, -0.15) is 0 Å². The quantitative estimate of drug-likeness (QED) is 0.785. The molecule has 3 heteroatoms. The molecule has 2 rings (SSSR count). The van der Waals surface area contributed by atoms with Gasteiger partial charge in [-0.3, -0.25) is 0 Å². The Balaban J connectivity index is 1.80. The largest absolute Gasteiger partial charge is 0.378 e. The first-order valence-electron chi connectivity index (χ1n) is 7.90. The molecule has 0 aromatic heterocycles. The van der Waals surface area contributed by atoms with Crippen LogP contribution in [-0.2, 0) is 4.74 Å². The third-order valence-electron chi connectivity index (χ3n) is 3.98. The molecule has 1 heterocycles. The van der Waals surface area contributed by atoms with Crippen LogP contribution in [0.4, 0.5) is 0 Å². The van der Waals surface area contributed by atoms with Crippen molar-refractivity contribution in [1.82, 2.24) is 5.32 Å². The maximum Gasteiger partial charge on any atom is 0.0587 e. The van der Waals surface area contributed by atoms with Gasteiger partial charge in [0.2, 0.25) is 0 Å². The SMILES string of the molecule is CCCC(NCCC1CCCCO1)c1ccc(Cl)cc1. The number of nitrogens with one attached hydrogen (secondary N) is 1. The molecule has 0 saturated carbocycles. The molecule has 2 atom stereocenters. The average Bonchev–Trinajstić information content (AvgIpc) is 2.48. The number of ether oxygens (including phenoxy) is 1. The Kier molecular flexibility index (Phi) is 6.85. The van der Waals surface area contributed by atoms with Crippen molar-refractivity contribution in [3.63, 3.8) is 0 Å². The van der Waals surface area contributed by atoms with E-state index in [0.717, 1.165) is 31.0 Å². The molecule has 1 aromatic carbocycles. The lowest BCUT2D eigenvalue weighted by Crippen LogP contribution is -2.28. The summed E-state index contributed by atoms with van der Waals surface area (Å²) in [5.41, 5.74) is 1.33. The molecule has 1 aliphatic heterocycles. The summed E-state index contributed by atoms with van der Waals surface area (Å²) in [6, 6.07) is 8.65. The van der Waals surface area contributed by atoms with Crippen LogP contribution in [0.5, 0.6) is 0 Å². The molecule has 20 heavy (non-hydrogen) atoms. The van der Waals surface area contributed by atoms with Gasteiger partial charge in [-0.1, -0.05) is 37.1 Å². The minimum absolute atomic E-state index is 0.431. The molecular weight excluding hydrogens is 270 g/mol. The minimum atomic E-state index is 0.431. The Hall–Kier alpha value is -0.570. The highest BCUT2D eigenvalue weighted by Gasteiger charge is 2.15. The van der Waals surface area contributed by atoms with Crippen LogP contribution in [0.1, 0.15) is 57.1 Å². The van der Waals surface area contributed by atoms with E-state index in [1.807, 2.05) is 12.1 Å². The Bertz CT molecular complexity index is 373. The van der Waals surface area contributed by atoms with E-state index < -0.39 is 0 Å². The first kappa shape index (κ1) is 15.8. The lowest BCUT2D eigenvalue weighted by molar-refractivity contribution is 0.0111. The fraction of sp³-hybridized carbons (Fsp3) is 0.647. The Morgan fingerprint density at radius 3 is 2.75 bits per heavy atom. The van der Waals surface area contributed by atoms with Gasteiger partial charge in [0.25, 0.3) is 0 Å². The predicted octanol–water partition coefficient (Wildman–Crippen LogP) is 4.73. The first-order valence-corrected chi connectivity index (χ1v) is 8.28. The van der Waals surface area contributed by atoms with Crippen LogP contribution in [0.2, 0.25) is 5.02 Å². The van der Waals surface area contributed by atoms with E-state index in [1.54, 1.807) is 0 Å². The van der Waals surface area contributed by atoms with Crippen LogP contribution < -0.4 is 5.32 Å². The van der Waals surface area contributed by atoms with Crippen molar-refractivity contribution in [2.75, 3.05) is 13.2 Å². The molecule has 1 fully saturated rings. The first-order chi connectivity index (χ1) is 9.79. The zero-order valence-corrected chi connectivity index (χ0v) is 13.2. The highest BCUT2D eigenvalue weighted by Crippen LogP contribution is 2.21. The van der Waals surface area contributed by atoms with Gasteiger partial charge in [0, 0.05) is 17.7 Å². The van der Waals surface area contributed by atoms with Crippen molar-refractivity contribution < 1.29 is 4.74 Å². The highest BCUT2D eigenvalue weighted by atomic mass is 35.5. The molecule has 0 aliphatic carbocycles. The van der Waals surface area contributed by atoms with E-state index in [1.165, 1.54) is 31.2 Å². The molecular formula is C17H26ClNO. The molecule has 2 unspecified atom stereocenters. The number of benzene rings is 1. The molecule has 1 N–H and O–H groups in total. The minimum Gasteiger partial charge on any atom is -0.378 e. The van der Waals surface area contributed by atoms with Crippen LogP contribution in [0.15, 0.2) is 24.3 Å². The molecule has 1 aromatic rings. The topological polar surface area (TPSA) is 21.3 Å². The van der Waals surface area contributed by atoms with E-state index in [4.69, 9.17) is 16.3 Å². The van der Waals surface area contributed by atoms with Gasteiger partial charge in [0.05, 0.1) is 6.10 Å². The maximum absolute atomic E-state index is 5.96. The summed E-state index contributed by atoms with van der Waals surface area (Å²) in [5, 5.41) is 4.49. The monoisotopic (exact) mass is 295 g/mol. The van der Waals surface area contributed by atoms with Crippen LogP contribution in [0, 0.1) is 0 Å². The summed E-state index contributed by atoms with van der Waals surface area (Å²) in [6.45, 7) is 4.20. The molecule has 0 radical (unpaired) electrons. The normalized spacial score (nSPS) is 20.8. The van der Waals surface area contributed by atoms with Gasteiger partial charge in [-0.05, 0) is 56.3 Å². The van der Waals surface area contributed by atoms with Crippen LogP contribution in [0.25, 0.3) is 0 Å². The molecule has 2 nitrogen and oxygen atoms in total. The van der Waals surface area contributed by atoms with Crippen molar-refractivity contribution in [3.05, 3.63) is 34.9 Å². The average molecular weight is 296 g/mol. The second-order valence-electron chi connectivity index (χ2n) is 5.62. The zero-order valence-electron chi connectivity index (χ0n) is 12.4. The molecule has 112 valence electrons. The Morgan fingerprint density at radius 2 is 2.10 bits per heavy atom. The maximum atomic E-state index is 5.96. The third-order valence-corrected chi connectivity index (χ3v) is 4.23. The van der Waals surface area contributed by atoms with Gasteiger partial charge in [-0.15, -0.1) is 0 Å². The summed E-state index contributed by atoms with van der Waals surface area (Å²) < 4.78 is 5.78. The lowest BCUT2D eigenvalue weighted by Gasteiger charge is -2.24.